The van der Waals surface area contributed by atoms with E-state index in [2.05, 4.69) is 529 Å². The van der Waals surface area contributed by atoms with Gasteiger partial charge in [-0.1, -0.05) is 382 Å². The maximum Gasteiger partial charge on any atom is 0.179 e. The van der Waals surface area contributed by atoms with Crippen molar-refractivity contribution in [2.75, 3.05) is 9.80 Å². The highest BCUT2D eigenvalue weighted by Gasteiger charge is 2.44. The fourth-order valence-electron chi connectivity index (χ4n) is 20.3. The van der Waals surface area contributed by atoms with Crippen molar-refractivity contribution in [2.45, 2.75) is 0 Å². The lowest BCUT2D eigenvalue weighted by atomic mass is 9.99. The van der Waals surface area contributed by atoms with Gasteiger partial charge in [0.05, 0.1) is 32.5 Å². The molecule has 0 aliphatic heterocycles. The van der Waals surface area contributed by atoms with Gasteiger partial charge in [0, 0.05) is 97.0 Å². The maximum atomic E-state index is 2.49. The normalized spacial score (nSPS) is 11.8. The number of para-hydroxylation sites is 4. The van der Waals surface area contributed by atoms with Crippen LogP contribution in [0.15, 0.2) is 510 Å². The Morgan fingerprint density at radius 3 is 0.930 bits per heavy atom. The SMILES string of the molecule is c1ccc(-n2c3ccccc3c3c(-c4ccc(N(c5cccc([Si](c6ccccc6)(c6ccccc6)c6ccccc6)c5)c5ccc6c(c5)sc5ccccc56)cc4)cccc32)cc1.c1ccc(-n2c3ccccc3c3c(-c4ccc(N(c5cccc([Si](c6ccccc6)(c6ccccc6)c6ccccc6)c5)c5cccc6c5sc5ccccc56)cc4)cccc32)cc1. The number of thiophene rings is 2. The summed E-state index contributed by atoms with van der Waals surface area (Å²) in [5, 5.41) is 21.0. The predicted octanol–water partition coefficient (Wildman–Crippen LogP) is 27.3. The molecule has 0 unspecified atom stereocenters. The van der Waals surface area contributed by atoms with Crippen LogP contribution in [0.3, 0.4) is 0 Å². The second kappa shape index (κ2) is 33.2. The summed E-state index contributed by atoms with van der Waals surface area (Å²) >= 11 is 3.74. The van der Waals surface area contributed by atoms with Gasteiger partial charge < -0.3 is 18.9 Å². The Morgan fingerprint density at radius 1 is 0.188 bits per heavy atom. The van der Waals surface area contributed by atoms with Crippen molar-refractivity contribution in [1.82, 2.24) is 9.13 Å². The Bertz CT molecular complexity index is 7970. The first-order valence-corrected chi connectivity index (χ1v) is 49.5. The Hall–Kier alpha value is -15.5. The molecule has 604 valence electrons. The zero-order valence-electron chi connectivity index (χ0n) is 70.1. The van der Waals surface area contributed by atoms with Crippen molar-refractivity contribution in [3.8, 4) is 33.6 Å². The average Bonchev–Trinajstić information content (AvgIpc) is 0.927. The lowest BCUT2D eigenvalue weighted by molar-refractivity contribution is 1.18. The van der Waals surface area contributed by atoms with Gasteiger partial charge >= 0.3 is 0 Å². The topological polar surface area (TPSA) is 16.3 Å². The van der Waals surface area contributed by atoms with Gasteiger partial charge in [0.1, 0.15) is 0 Å². The van der Waals surface area contributed by atoms with Crippen LogP contribution in [-0.4, -0.2) is 25.3 Å². The van der Waals surface area contributed by atoms with Crippen molar-refractivity contribution < 1.29 is 0 Å². The minimum Gasteiger partial charge on any atom is -0.310 e. The summed E-state index contributed by atoms with van der Waals surface area (Å²) in [4.78, 5) is 4.95. The van der Waals surface area contributed by atoms with Crippen molar-refractivity contribution >= 4 is 198 Å². The van der Waals surface area contributed by atoms with E-state index in [1.807, 2.05) is 22.7 Å². The molecule has 0 aliphatic rings. The number of benzene rings is 20. The minimum atomic E-state index is -2.81. The van der Waals surface area contributed by atoms with Crippen LogP contribution in [0, 0.1) is 0 Å². The van der Waals surface area contributed by atoms with Gasteiger partial charge in [-0.2, -0.15) is 0 Å². The molecular formula is C120H84N4S2Si2. The molecule has 128 heavy (non-hydrogen) atoms. The van der Waals surface area contributed by atoms with E-state index in [-0.39, 0.29) is 0 Å². The van der Waals surface area contributed by atoms with E-state index in [0.717, 1.165) is 39.8 Å². The largest absolute Gasteiger partial charge is 0.310 e. The van der Waals surface area contributed by atoms with Crippen LogP contribution in [-0.2, 0) is 0 Å². The molecular weight excluding hydrogens is 1620 g/mol. The van der Waals surface area contributed by atoms with Crippen LogP contribution in [0.1, 0.15) is 0 Å². The van der Waals surface area contributed by atoms with Gasteiger partial charge in [0.25, 0.3) is 0 Å². The number of hydrogen-bond acceptors (Lipinski definition) is 4. The summed E-state index contributed by atoms with van der Waals surface area (Å²) in [5.41, 5.74) is 18.7. The summed E-state index contributed by atoms with van der Waals surface area (Å²) in [7, 11) is -5.61. The first-order chi connectivity index (χ1) is 63.5. The molecule has 4 aromatic heterocycles. The summed E-state index contributed by atoms with van der Waals surface area (Å²) in [6.07, 6.45) is 0. The van der Waals surface area contributed by atoms with E-state index in [4.69, 9.17) is 0 Å². The van der Waals surface area contributed by atoms with Crippen LogP contribution < -0.4 is 51.3 Å². The van der Waals surface area contributed by atoms with Gasteiger partial charge in [-0.25, -0.2) is 0 Å². The lowest BCUT2D eigenvalue weighted by Gasteiger charge is -2.35. The molecule has 24 aromatic rings. The van der Waals surface area contributed by atoms with Crippen molar-refractivity contribution in [2.24, 2.45) is 0 Å². The highest BCUT2D eigenvalue weighted by molar-refractivity contribution is 7.26. The van der Waals surface area contributed by atoms with Gasteiger partial charge in [-0.05, 0) is 191 Å². The Kier molecular flexibility index (Phi) is 20.0. The number of fused-ring (bicyclic) bond motifs is 12. The number of aromatic nitrogens is 2. The molecule has 4 nitrogen and oxygen atoms in total. The summed E-state index contributed by atoms with van der Waals surface area (Å²) in [6, 6.07) is 188. The molecule has 0 amide bonds. The summed E-state index contributed by atoms with van der Waals surface area (Å²) in [6.45, 7) is 0. The van der Waals surface area contributed by atoms with Gasteiger partial charge in [0.15, 0.2) is 16.1 Å². The van der Waals surface area contributed by atoms with E-state index >= 15 is 0 Å². The average molecular weight is 1700 g/mol. The highest BCUT2D eigenvalue weighted by Crippen LogP contribution is 2.48. The van der Waals surface area contributed by atoms with Crippen LogP contribution in [0.4, 0.5) is 34.1 Å². The second-order valence-electron chi connectivity index (χ2n) is 32.9. The molecule has 8 heteroatoms. The van der Waals surface area contributed by atoms with E-state index in [9.17, 15) is 0 Å². The summed E-state index contributed by atoms with van der Waals surface area (Å²) < 4.78 is 9.94. The molecule has 0 atom stereocenters. The fourth-order valence-corrected chi connectivity index (χ4v) is 32.3. The molecule has 0 N–H and O–H groups in total. The quantitative estimate of drug-likeness (QED) is 0.0629. The molecule has 0 aliphatic carbocycles. The first kappa shape index (κ1) is 77.3. The second-order valence-corrected chi connectivity index (χ2v) is 42.6. The molecule has 0 fully saturated rings. The number of nitrogens with zero attached hydrogens (tertiary/aromatic N) is 4. The molecule has 24 rings (SSSR count). The highest BCUT2D eigenvalue weighted by atomic mass is 32.1. The van der Waals surface area contributed by atoms with Gasteiger partial charge in [-0.15, -0.1) is 22.7 Å². The zero-order valence-corrected chi connectivity index (χ0v) is 73.7. The smallest absolute Gasteiger partial charge is 0.179 e. The van der Waals surface area contributed by atoms with Crippen molar-refractivity contribution in [1.29, 1.82) is 0 Å². The van der Waals surface area contributed by atoms with Crippen LogP contribution in [0.2, 0.25) is 0 Å². The molecule has 4 heterocycles. The zero-order chi connectivity index (χ0) is 84.9. The Balaban J connectivity index is 0.000000146. The maximum absolute atomic E-state index is 2.81. The minimum absolute atomic E-state index is 1.10. The molecule has 0 saturated carbocycles. The first-order valence-electron chi connectivity index (χ1n) is 43.9. The molecule has 0 saturated heterocycles. The lowest BCUT2D eigenvalue weighted by Crippen LogP contribution is -2.74. The van der Waals surface area contributed by atoms with E-state index in [0.29, 0.717) is 0 Å². The monoisotopic (exact) mass is 1700 g/mol. The van der Waals surface area contributed by atoms with E-state index in [1.54, 1.807) is 0 Å². The third-order valence-corrected chi connectivity index (χ3v) is 37.8. The Labute approximate surface area is 754 Å². The Morgan fingerprint density at radius 2 is 0.492 bits per heavy atom. The number of rotatable bonds is 18. The predicted molar refractivity (Wildman–Crippen MR) is 555 cm³/mol. The fraction of sp³-hybridized carbons (Fsp3) is 0. The molecule has 0 radical (unpaired) electrons. The van der Waals surface area contributed by atoms with Crippen LogP contribution >= 0.6 is 22.7 Å². The molecule has 0 bridgehead atoms. The van der Waals surface area contributed by atoms with Crippen LogP contribution in [0.5, 0.6) is 0 Å². The standard InChI is InChI=1S/2C60H42N2SSi/c1-5-20-44(21-6-1)62-55-34-15-13-31-54(55)59-51(32-18-35-56(59)62)43-38-40-45(41-39-43)61(57-36-19-33-53-52-30-14-16-37-58(52)63-60(53)57)46-22-17-29-50(42-46)64(47-23-7-2-8-24-47,48-25-9-3-10-26-48)49-27-11-4-12-28-49;1-5-19-44(20-6-1)62-56-32-15-13-30-55(56)60-52(31-18-33-57(60)62)43-35-37-45(38-36-43)61(47-39-40-54-53-29-14-16-34-58(53)63-59(54)42-47)46-21-17-28-51(41-46)64(48-22-7-2-8-23-48,49-24-9-3-10-25-49)50-26-11-4-12-27-50/h2*1-42H. The number of anilines is 6. The third-order valence-electron chi connectivity index (χ3n) is 25.9. The van der Waals surface area contributed by atoms with Crippen molar-refractivity contribution in [3.63, 3.8) is 0 Å². The van der Waals surface area contributed by atoms with Gasteiger partial charge in [-0.3, -0.25) is 0 Å². The van der Waals surface area contributed by atoms with Crippen LogP contribution in [0.25, 0.3) is 118 Å². The van der Waals surface area contributed by atoms with Crippen molar-refractivity contribution in [3.05, 3.63) is 510 Å². The number of hydrogen-bond donors (Lipinski definition) is 0. The van der Waals surface area contributed by atoms with E-state index < -0.39 is 16.1 Å². The molecule has 20 aromatic carbocycles. The van der Waals surface area contributed by atoms with Gasteiger partial charge in [0.2, 0.25) is 0 Å². The molecule has 0 spiro atoms. The van der Waals surface area contributed by atoms with E-state index in [1.165, 1.54) is 153 Å². The third kappa shape index (κ3) is 13.3. The summed E-state index contributed by atoms with van der Waals surface area (Å²) in [5.74, 6) is 0.